The topological polar surface area (TPSA) is 95.6 Å². The van der Waals surface area contributed by atoms with Crippen molar-refractivity contribution in [3.63, 3.8) is 0 Å². The smallest absolute Gasteiger partial charge is 0.253 e. The van der Waals surface area contributed by atoms with Crippen LogP contribution in [0.5, 0.6) is 0 Å². The number of benzene rings is 1. The molecule has 0 aromatic heterocycles. The molecule has 0 aliphatic carbocycles. The zero-order valence-corrected chi connectivity index (χ0v) is 17.0. The van der Waals surface area contributed by atoms with Crippen molar-refractivity contribution in [1.29, 1.82) is 0 Å². The van der Waals surface area contributed by atoms with Crippen molar-refractivity contribution in [2.24, 2.45) is 5.92 Å². The van der Waals surface area contributed by atoms with Crippen LogP contribution in [0.3, 0.4) is 0 Å². The predicted octanol–water partition coefficient (Wildman–Crippen LogP) is 2.22. The molecule has 1 aromatic rings. The van der Waals surface area contributed by atoms with Gasteiger partial charge in [-0.3, -0.25) is 9.59 Å². The summed E-state index contributed by atoms with van der Waals surface area (Å²) in [4.78, 5) is 25.2. The molecule has 0 saturated carbocycles. The monoisotopic (exact) mass is 395 g/mol. The summed E-state index contributed by atoms with van der Waals surface area (Å²) in [5.41, 5.74) is 0.846. The van der Waals surface area contributed by atoms with Crippen LogP contribution in [0.25, 0.3) is 0 Å². The fourth-order valence-corrected chi connectivity index (χ4v) is 4.20. The van der Waals surface area contributed by atoms with E-state index in [1.165, 1.54) is 4.31 Å². The van der Waals surface area contributed by atoms with Gasteiger partial charge < -0.3 is 10.6 Å². The zero-order valence-electron chi connectivity index (χ0n) is 16.2. The molecule has 2 atom stereocenters. The maximum absolute atomic E-state index is 12.7. The Morgan fingerprint density at radius 2 is 1.96 bits per heavy atom. The summed E-state index contributed by atoms with van der Waals surface area (Å²) in [6.45, 7) is 6.14. The van der Waals surface area contributed by atoms with Gasteiger partial charge in [0, 0.05) is 19.1 Å². The Labute approximate surface area is 161 Å². The lowest BCUT2D eigenvalue weighted by Gasteiger charge is -2.31. The highest BCUT2D eigenvalue weighted by Crippen LogP contribution is 2.22. The van der Waals surface area contributed by atoms with E-state index in [2.05, 4.69) is 10.6 Å². The highest BCUT2D eigenvalue weighted by atomic mass is 32.2. The number of hydrogen-bond acceptors (Lipinski definition) is 4. The summed E-state index contributed by atoms with van der Waals surface area (Å²) in [6, 6.07) is 6.89. The fourth-order valence-electron chi connectivity index (χ4n) is 3.02. The number of nitrogens with zero attached hydrogens (tertiary/aromatic N) is 1. The van der Waals surface area contributed by atoms with Crippen molar-refractivity contribution in [3.05, 3.63) is 29.8 Å². The summed E-state index contributed by atoms with van der Waals surface area (Å²) in [6.07, 6.45) is 2.08. The summed E-state index contributed by atoms with van der Waals surface area (Å²) in [5, 5.41) is 5.72. The van der Waals surface area contributed by atoms with Crippen molar-refractivity contribution in [2.75, 3.05) is 24.2 Å². The van der Waals surface area contributed by atoms with Crippen LogP contribution in [0, 0.1) is 5.92 Å². The average Bonchev–Trinajstić information content (AvgIpc) is 2.68. The molecule has 150 valence electrons. The van der Waals surface area contributed by atoms with E-state index in [4.69, 9.17) is 0 Å². The van der Waals surface area contributed by atoms with Gasteiger partial charge in [-0.15, -0.1) is 0 Å². The SMILES string of the molecule is CCC(C)NC(=O)c1ccccc1NC(=O)C1CCCN(S(=O)(=O)CC)C1. The number of amides is 2. The first kappa shape index (κ1) is 21.4. The lowest BCUT2D eigenvalue weighted by Crippen LogP contribution is -2.44. The lowest BCUT2D eigenvalue weighted by molar-refractivity contribution is -0.120. The van der Waals surface area contributed by atoms with E-state index in [0.29, 0.717) is 30.6 Å². The molecule has 1 aromatic carbocycles. The van der Waals surface area contributed by atoms with E-state index in [-0.39, 0.29) is 30.2 Å². The van der Waals surface area contributed by atoms with Crippen LogP contribution in [-0.4, -0.2) is 49.4 Å². The maximum atomic E-state index is 12.7. The number of hydrogen-bond donors (Lipinski definition) is 2. The van der Waals surface area contributed by atoms with Crippen LogP contribution in [0.2, 0.25) is 0 Å². The molecule has 1 fully saturated rings. The van der Waals surface area contributed by atoms with E-state index >= 15 is 0 Å². The molecule has 1 aliphatic heterocycles. The third kappa shape index (κ3) is 5.52. The number of para-hydroxylation sites is 1. The van der Waals surface area contributed by atoms with E-state index in [9.17, 15) is 18.0 Å². The van der Waals surface area contributed by atoms with Gasteiger partial charge >= 0.3 is 0 Å². The van der Waals surface area contributed by atoms with Crippen LogP contribution in [-0.2, 0) is 14.8 Å². The van der Waals surface area contributed by atoms with E-state index in [1.807, 2.05) is 13.8 Å². The standard InChI is InChI=1S/C19H29N3O4S/c1-4-14(3)20-19(24)16-10-6-7-11-17(16)21-18(23)15-9-8-12-22(13-15)27(25,26)5-2/h6-7,10-11,14-15H,4-5,8-9,12-13H2,1-3H3,(H,20,24)(H,21,23). The molecule has 2 rings (SSSR count). The Morgan fingerprint density at radius 3 is 2.63 bits per heavy atom. The molecule has 0 spiro atoms. The first-order valence-corrected chi connectivity index (χ1v) is 11.1. The summed E-state index contributed by atoms with van der Waals surface area (Å²) >= 11 is 0. The second kappa shape index (κ2) is 9.32. The zero-order chi connectivity index (χ0) is 20.0. The quantitative estimate of drug-likeness (QED) is 0.740. The predicted molar refractivity (Wildman–Crippen MR) is 106 cm³/mol. The van der Waals surface area contributed by atoms with Gasteiger partial charge in [0.2, 0.25) is 15.9 Å². The molecule has 2 unspecified atom stereocenters. The highest BCUT2D eigenvalue weighted by molar-refractivity contribution is 7.89. The lowest BCUT2D eigenvalue weighted by atomic mass is 9.98. The molecule has 0 bridgehead atoms. The molecule has 2 amide bonds. The van der Waals surface area contributed by atoms with Gasteiger partial charge in [0.25, 0.3) is 5.91 Å². The number of nitrogens with one attached hydrogen (secondary N) is 2. The van der Waals surface area contributed by atoms with E-state index in [0.717, 1.165) is 6.42 Å². The van der Waals surface area contributed by atoms with E-state index < -0.39 is 15.9 Å². The van der Waals surface area contributed by atoms with Crippen LogP contribution in [0.4, 0.5) is 5.69 Å². The molecule has 1 saturated heterocycles. The number of rotatable bonds is 7. The van der Waals surface area contributed by atoms with Gasteiger partial charge in [0.15, 0.2) is 0 Å². The van der Waals surface area contributed by atoms with Gasteiger partial charge in [-0.2, -0.15) is 0 Å². The maximum Gasteiger partial charge on any atom is 0.253 e. The first-order valence-electron chi connectivity index (χ1n) is 9.47. The van der Waals surface area contributed by atoms with Crippen molar-refractivity contribution >= 4 is 27.5 Å². The Hall–Kier alpha value is -1.93. The van der Waals surface area contributed by atoms with Gasteiger partial charge in [0.05, 0.1) is 22.9 Å². The van der Waals surface area contributed by atoms with Crippen LogP contribution in [0.1, 0.15) is 50.4 Å². The fraction of sp³-hybridized carbons (Fsp3) is 0.579. The van der Waals surface area contributed by atoms with Crippen LogP contribution < -0.4 is 10.6 Å². The minimum atomic E-state index is -3.31. The number of piperidine rings is 1. The number of carbonyl (C=O) groups excluding carboxylic acids is 2. The summed E-state index contributed by atoms with van der Waals surface area (Å²) < 4.78 is 25.6. The van der Waals surface area contributed by atoms with Crippen molar-refractivity contribution < 1.29 is 18.0 Å². The molecule has 7 nitrogen and oxygen atoms in total. The Balaban J connectivity index is 2.11. The number of sulfonamides is 1. The minimum absolute atomic E-state index is 0.0277. The Bertz CT molecular complexity index is 779. The number of carbonyl (C=O) groups is 2. The molecule has 2 N–H and O–H groups in total. The number of anilines is 1. The second-order valence-electron chi connectivity index (χ2n) is 6.92. The molecule has 27 heavy (non-hydrogen) atoms. The Morgan fingerprint density at radius 1 is 1.26 bits per heavy atom. The largest absolute Gasteiger partial charge is 0.350 e. The third-order valence-electron chi connectivity index (χ3n) is 4.93. The summed E-state index contributed by atoms with van der Waals surface area (Å²) in [7, 11) is -3.31. The molecule has 0 radical (unpaired) electrons. The van der Waals surface area contributed by atoms with Gasteiger partial charge in [-0.1, -0.05) is 19.1 Å². The Kier molecular flexibility index (Phi) is 7.38. The minimum Gasteiger partial charge on any atom is -0.350 e. The van der Waals surface area contributed by atoms with Gasteiger partial charge in [0.1, 0.15) is 0 Å². The normalized spacial score (nSPS) is 19.3. The van der Waals surface area contributed by atoms with Crippen LogP contribution in [0.15, 0.2) is 24.3 Å². The first-order chi connectivity index (χ1) is 12.8. The second-order valence-corrected chi connectivity index (χ2v) is 9.17. The van der Waals surface area contributed by atoms with Crippen LogP contribution >= 0.6 is 0 Å². The van der Waals surface area contributed by atoms with Gasteiger partial charge in [-0.05, 0) is 45.2 Å². The molecular formula is C19H29N3O4S. The van der Waals surface area contributed by atoms with Gasteiger partial charge in [-0.25, -0.2) is 12.7 Å². The summed E-state index contributed by atoms with van der Waals surface area (Å²) in [5.74, 6) is -0.889. The molecule has 1 aliphatic rings. The third-order valence-corrected chi connectivity index (χ3v) is 6.78. The molecule has 8 heteroatoms. The highest BCUT2D eigenvalue weighted by Gasteiger charge is 2.31. The average molecular weight is 396 g/mol. The molecule has 1 heterocycles. The van der Waals surface area contributed by atoms with E-state index in [1.54, 1.807) is 31.2 Å². The van der Waals surface area contributed by atoms with Crippen molar-refractivity contribution in [2.45, 2.75) is 46.1 Å². The van der Waals surface area contributed by atoms with Crippen molar-refractivity contribution in [1.82, 2.24) is 9.62 Å². The molecular weight excluding hydrogens is 366 g/mol. The van der Waals surface area contributed by atoms with Crippen molar-refractivity contribution in [3.8, 4) is 0 Å².